The van der Waals surface area contributed by atoms with Crippen LogP contribution >= 0.6 is 11.8 Å². The lowest BCUT2D eigenvalue weighted by Crippen LogP contribution is -2.24. The van der Waals surface area contributed by atoms with Crippen LogP contribution in [-0.4, -0.2) is 22.3 Å². The Balaban J connectivity index is 2.40. The first-order valence-corrected chi connectivity index (χ1v) is 2.89. The van der Waals surface area contributed by atoms with Gasteiger partial charge in [-0.05, 0) is 0 Å². The molecule has 40 valence electrons. The molecule has 1 rings (SSSR count). The van der Waals surface area contributed by atoms with Crippen LogP contribution in [0.4, 0.5) is 4.79 Å². The zero-order chi connectivity index (χ0) is 5.28. The molecule has 1 fully saturated rings. The van der Waals surface area contributed by atoms with E-state index < -0.39 is 6.23 Å². The summed E-state index contributed by atoms with van der Waals surface area (Å²) in [6, 6.07) is 0. The average molecular weight is 119 g/mol. The number of hydrogen-bond acceptors (Lipinski definition) is 3. The van der Waals surface area contributed by atoms with Gasteiger partial charge in [0.2, 0.25) is 0 Å². The van der Waals surface area contributed by atoms with Crippen LogP contribution in [0.25, 0.3) is 0 Å². The molecule has 0 aliphatic carbocycles. The van der Waals surface area contributed by atoms with Gasteiger partial charge >= 0.3 is 0 Å². The van der Waals surface area contributed by atoms with Crippen LogP contribution in [0.15, 0.2) is 0 Å². The highest BCUT2D eigenvalue weighted by atomic mass is 32.2. The summed E-state index contributed by atoms with van der Waals surface area (Å²) in [5, 5.41) is 10.7. The second-order valence-electron chi connectivity index (χ2n) is 1.26. The van der Waals surface area contributed by atoms with E-state index in [1.54, 1.807) is 0 Å². The van der Waals surface area contributed by atoms with E-state index in [1.165, 1.54) is 0 Å². The highest BCUT2D eigenvalue weighted by molar-refractivity contribution is 8.13. The van der Waals surface area contributed by atoms with E-state index in [-0.39, 0.29) is 5.24 Å². The topological polar surface area (TPSA) is 49.3 Å². The van der Waals surface area contributed by atoms with Gasteiger partial charge in [0, 0.05) is 5.75 Å². The lowest BCUT2D eigenvalue weighted by Gasteiger charge is -1.93. The smallest absolute Gasteiger partial charge is 0.281 e. The normalized spacial score (nSPS) is 30.4. The van der Waals surface area contributed by atoms with E-state index in [0.717, 1.165) is 11.8 Å². The molecular weight excluding hydrogens is 114 g/mol. The Hall–Kier alpha value is -0.220. The van der Waals surface area contributed by atoms with Crippen LogP contribution in [0.1, 0.15) is 0 Å². The first-order chi connectivity index (χ1) is 3.29. The van der Waals surface area contributed by atoms with Crippen molar-refractivity contribution in [2.45, 2.75) is 6.23 Å². The fourth-order valence-electron chi connectivity index (χ4n) is 0.374. The van der Waals surface area contributed by atoms with Crippen LogP contribution in [0, 0.1) is 0 Å². The zero-order valence-electron chi connectivity index (χ0n) is 3.55. The maximum Gasteiger partial charge on any atom is 0.281 e. The maximum absolute atomic E-state index is 10.1. The van der Waals surface area contributed by atoms with Crippen LogP contribution in [0.2, 0.25) is 0 Å². The molecule has 1 saturated heterocycles. The minimum atomic E-state index is -0.613. The van der Waals surface area contributed by atoms with E-state index in [9.17, 15) is 4.79 Å². The Kier molecular flexibility index (Phi) is 1.21. The number of carbonyl (C=O) groups excluding carboxylic acids is 1. The molecule has 2 N–H and O–H groups in total. The van der Waals surface area contributed by atoms with Crippen molar-refractivity contribution in [1.82, 2.24) is 5.32 Å². The van der Waals surface area contributed by atoms with Crippen molar-refractivity contribution in [3.05, 3.63) is 0 Å². The Bertz CT molecular complexity index is 94.9. The van der Waals surface area contributed by atoms with Gasteiger partial charge in [-0.1, -0.05) is 11.8 Å². The Morgan fingerprint density at radius 1 is 2.00 bits per heavy atom. The summed E-state index contributed by atoms with van der Waals surface area (Å²) in [7, 11) is 0. The van der Waals surface area contributed by atoms with Crippen LogP contribution in [-0.2, 0) is 0 Å². The van der Waals surface area contributed by atoms with Crippen molar-refractivity contribution >= 4 is 17.0 Å². The quantitative estimate of drug-likeness (QED) is 0.462. The molecule has 0 aromatic carbocycles. The molecule has 1 amide bonds. The predicted octanol–water partition coefficient (Wildman–Crippen LogP) is -0.239. The van der Waals surface area contributed by atoms with Crippen molar-refractivity contribution in [3.8, 4) is 0 Å². The summed E-state index contributed by atoms with van der Waals surface area (Å²) < 4.78 is 0. The molecule has 1 aliphatic rings. The first-order valence-electron chi connectivity index (χ1n) is 1.90. The van der Waals surface area contributed by atoms with Crippen molar-refractivity contribution in [1.29, 1.82) is 0 Å². The molecule has 4 heteroatoms. The Labute approximate surface area is 45.1 Å². The van der Waals surface area contributed by atoms with Gasteiger partial charge in [-0.25, -0.2) is 0 Å². The van der Waals surface area contributed by atoms with Crippen LogP contribution in [0.5, 0.6) is 0 Å². The third kappa shape index (κ3) is 1.07. The molecule has 0 bridgehead atoms. The van der Waals surface area contributed by atoms with Gasteiger partial charge < -0.3 is 10.4 Å². The maximum atomic E-state index is 10.1. The van der Waals surface area contributed by atoms with Gasteiger partial charge in [-0.3, -0.25) is 4.79 Å². The molecule has 7 heavy (non-hydrogen) atoms. The van der Waals surface area contributed by atoms with E-state index >= 15 is 0 Å². The number of hydrogen-bond donors (Lipinski definition) is 2. The van der Waals surface area contributed by atoms with Crippen molar-refractivity contribution in [2.75, 3.05) is 5.75 Å². The van der Waals surface area contributed by atoms with Crippen molar-refractivity contribution in [2.24, 2.45) is 0 Å². The summed E-state index contributed by atoms with van der Waals surface area (Å²) >= 11 is 1.11. The second-order valence-corrected chi connectivity index (χ2v) is 2.25. The zero-order valence-corrected chi connectivity index (χ0v) is 4.36. The molecule has 0 radical (unpaired) electrons. The van der Waals surface area contributed by atoms with Gasteiger partial charge in [-0.15, -0.1) is 0 Å². The third-order valence-electron chi connectivity index (χ3n) is 0.657. The molecule has 1 aliphatic heterocycles. The highest BCUT2D eigenvalue weighted by Gasteiger charge is 2.17. The average Bonchev–Trinajstić information content (AvgIpc) is 1.87. The summed E-state index contributed by atoms with van der Waals surface area (Å²) in [6.07, 6.45) is -0.613. The molecular formula is C3H5NO2S. The number of carbonyl (C=O) groups is 1. The van der Waals surface area contributed by atoms with E-state index in [2.05, 4.69) is 5.32 Å². The number of aliphatic hydroxyl groups is 1. The fraction of sp³-hybridized carbons (Fsp3) is 0.667. The molecule has 0 saturated carbocycles. The lowest BCUT2D eigenvalue weighted by molar-refractivity contribution is 0.176. The number of aliphatic hydroxyl groups excluding tert-OH is 1. The van der Waals surface area contributed by atoms with Crippen LogP contribution in [0.3, 0.4) is 0 Å². The molecule has 0 spiro atoms. The van der Waals surface area contributed by atoms with Crippen molar-refractivity contribution in [3.63, 3.8) is 0 Å². The SMILES string of the molecule is O=C1NC(O)CS1. The van der Waals surface area contributed by atoms with Gasteiger partial charge in [-0.2, -0.15) is 0 Å². The van der Waals surface area contributed by atoms with Crippen LogP contribution < -0.4 is 5.32 Å². The van der Waals surface area contributed by atoms with Gasteiger partial charge in [0.1, 0.15) is 6.23 Å². The Morgan fingerprint density at radius 2 is 2.71 bits per heavy atom. The molecule has 1 unspecified atom stereocenters. The summed E-state index contributed by atoms with van der Waals surface area (Å²) in [6.45, 7) is 0. The summed E-state index contributed by atoms with van der Waals surface area (Å²) in [5.41, 5.74) is 0. The molecule has 0 aromatic rings. The summed E-state index contributed by atoms with van der Waals surface area (Å²) in [4.78, 5) is 10.1. The number of thioether (sulfide) groups is 1. The second kappa shape index (κ2) is 1.71. The third-order valence-corrected chi connectivity index (χ3v) is 1.52. The largest absolute Gasteiger partial charge is 0.373 e. The minimum absolute atomic E-state index is 0.132. The monoisotopic (exact) mass is 119 g/mol. The number of nitrogens with one attached hydrogen (secondary N) is 1. The predicted molar refractivity (Wildman–Crippen MR) is 27.0 cm³/mol. The van der Waals surface area contributed by atoms with E-state index in [0.29, 0.717) is 5.75 Å². The van der Waals surface area contributed by atoms with Gasteiger partial charge in [0.15, 0.2) is 0 Å². The van der Waals surface area contributed by atoms with Gasteiger partial charge in [0.25, 0.3) is 5.24 Å². The number of amides is 1. The molecule has 1 atom stereocenters. The minimum Gasteiger partial charge on any atom is -0.373 e. The Morgan fingerprint density at radius 3 is 2.86 bits per heavy atom. The van der Waals surface area contributed by atoms with Gasteiger partial charge in [0.05, 0.1) is 0 Å². The number of rotatable bonds is 0. The lowest BCUT2D eigenvalue weighted by atomic mass is 10.7. The van der Waals surface area contributed by atoms with E-state index in [4.69, 9.17) is 5.11 Å². The standard InChI is InChI=1S/C3H5NO2S/c5-2-1-7-3(6)4-2/h2,5H,1H2,(H,4,6). The van der Waals surface area contributed by atoms with Crippen molar-refractivity contribution < 1.29 is 9.90 Å². The molecule has 1 heterocycles. The summed E-state index contributed by atoms with van der Waals surface area (Å²) in [5.74, 6) is 0.485. The first kappa shape index (κ1) is 4.93. The molecule has 3 nitrogen and oxygen atoms in total. The highest BCUT2D eigenvalue weighted by Crippen LogP contribution is 2.09. The fourth-order valence-corrected chi connectivity index (χ4v) is 0.986. The van der Waals surface area contributed by atoms with E-state index in [1.807, 2.05) is 0 Å². The molecule has 0 aromatic heterocycles.